The third-order valence-electron chi connectivity index (χ3n) is 1.97. The fourth-order valence-corrected chi connectivity index (χ4v) is 1.82. The number of nitrogens with two attached hydrogens (primary N) is 1. The predicted octanol–water partition coefficient (Wildman–Crippen LogP) is 1.83. The lowest BCUT2D eigenvalue weighted by molar-refractivity contribution is 0.145. The Hall–Kier alpha value is -0.380. The van der Waals surface area contributed by atoms with Gasteiger partial charge in [-0.05, 0) is 30.4 Å². The summed E-state index contributed by atoms with van der Waals surface area (Å²) in [6, 6.07) is 1.85. The molecule has 2 atom stereocenters. The highest BCUT2D eigenvalue weighted by molar-refractivity contribution is 7.10. The molecular weight excluding hydrogens is 170 g/mol. The lowest BCUT2D eigenvalue weighted by Crippen LogP contribution is -2.26. The molecule has 1 heterocycles. The number of aliphatic hydroxyl groups excluding tert-OH is 1. The maximum absolute atomic E-state index is 9.68. The van der Waals surface area contributed by atoms with Crippen LogP contribution < -0.4 is 5.73 Å². The van der Waals surface area contributed by atoms with E-state index in [2.05, 4.69) is 0 Å². The molecule has 1 aromatic heterocycles. The molecule has 0 saturated carbocycles. The summed E-state index contributed by atoms with van der Waals surface area (Å²) in [4.78, 5) is 1.22. The largest absolute Gasteiger partial charge is 0.387 e. The summed E-state index contributed by atoms with van der Waals surface area (Å²) in [6.45, 7) is 4.01. The smallest absolute Gasteiger partial charge is 0.0948 e. The zero-order chi connectivity index (χ0) is 9.14. The van der Waals surface area contributed by atoms with Gasteiger partial charge in [-0.25, -0.2) is 0 Å². The number of aryl methyl sites for hydroxylation is 1. The van der Waals surface area contributed by atoms with Crippen molar-refractivity contribution in [3.8, 4) is 0 Å². The number of hydrogen-bond donors (Lipinski definition) is 2. The second kappa shape index (κ2) is 4.03. The highest BCUT2D eigenvalue weighted by Crippen LogP contribution is 2.22. The first-order chi connectivity index (χ1) is 5.65. The number of aliphatic hydroxyl groups is 1. The Labute approximate surface area is 77.0 Å². The van der Waals surface area contributed by atoms with E-state index in [9.17, 15) is 5.11 Å². The molecule has 0 aromatic carbocycles. The quantitative estimate of drug-likeness (QED) is 0.754. The van der Waals surface area contributed by atoms with Gasteiger partial charge in [0.2, 0.25) is 0 Å². The molecule has 0 bridgehead atoms. The highest BCUT2D eigenvalue weighted by Gasteiger charge is 2.15. The van der Waals surface area contributed by atoms with Crippen molar-refractivity contribution in [2.24, 2.45) is 5.73 Å². The summed E-state index contributed by atoms with van der Waals surface area (Å²) in [6.07, 6.45) is 0.302. The molecule has 0 aliphatic rings. The molecule has 3 N–H and O–H groups in total. The van der Waals surface area contributed by atoms with E-state index < -0.39 is 6.10 Å². The summed E-state index contributed by atoms with van der Waals surface area (Å²) in [5.41, 5.74) is 6.66. The van der Waals surface area contributed by atoms with E-state index in [1.165, 1.54) is 4.88 Å². The molecular formula is C9H15NOS. The molecule has 1 aromatic rings. The minimum atomic E-state index is -0.500. The second-order valence-corrected chi connectivity index (χ2v) is 4.12. The average molecular weight is 185 g/mol. The molecule has 0 amide bonds. The van der Waals surface area contributed by atoms with E-state index >= 15 is 0 Å². The van der Waals surface area contributed by atoms with Gasteiger partial charge in [0.15, 0.2) is 0 Å². The van der Waals surface area contributed by atoms with Crippen molar-refractivity contribution in [2.75, 3.05) is 0 Å². The Kier molecular flexibility index (Phi) is 3.26. The molecule has 1 rings (SSSR count). The molecule has 0 saturated heterocycles. The minimum Gasteiger partial charge on any atom is -0.387 e. The molecule has 0 aliphatic heterocycles. The van der Waals surface area contributed by atoms with Gasteiger partial charge in [-0.1, -0.05) is 6.92 Å². The van der Waals surface area contributed by atoms with E-state index in [1.54, 1.807) is 11.3 Å². The van der Waals surface area contributed by atoms with E-state index in [1.807, 2.05) is 25.3 Å². The van der Waals surface area contributed by atoms with E-state index in [4.69, 9.17) is 5.73 Å². The SMILES string of the molecule is CCC(N)C(O)c1csc(C)c1. The Bertz CT molecular complexity index is 246. The first-order valence-corrected chi connectivity index (χ1v) is 5.01. The van der Waals surface area contributed by atoms with Gasteiger partial charge >= 0.3 is 0 Å². The van der Waals surface area contributed by atoms with Gasteiger partial charge in [0.1, 0.15) is 0 Å². The molecule has 0 fully saturated rings. The van der Waals surface area contributed by atoms with Crippen molar-refractivity contribution in [3.63, 3.8) is 0 Å². The van der Waals surface area contributed by atoms with Crippen molar-refractivity contribution in [1.82, 2.24) is 0 Å². The Balaban J connectivity index is 2.70. The summed E-state index contributed by atoms with van der Waals surface area (Å²) in [5.74, 6) is 0. The van der Waals surface area contributed by atoms with Crippen LogP contribution in [0.2, 0.25) is 0 Å². The summed E-state index contributed by atoms with van der Waals surface area (Å²) >= 11 is 1.65. The maximum atomic E-state index is 9.68. The summed E-state index contributed by atoms with van der Waals surface area (Å²) < 4.78 is 0. The van der Waals surface area contributed by atoms with Gasteiger partial charge in [0.25, 0.3) is 0 Å². The zero-order valence-electron chi connectivity index (χ0n) is 7.45. The number of hydrogen-bond acceptors (Lipinski definition) is 3. The van der Waals surface area contributed by atoms with E-state index in [0.717, 1.165) is 12.0 Å². The highest BCUT2D eigenvalue weighted by atomic mass is 32.1. The lowest BCUT2D eigenvalue weighted by Gasteiger charge is -2.15. The first-order valence-electron chi connectivity index (χ1n) is 4.13. The topological polar surface area (TPSA) is 46.2 Å². The first kappa shape index (κ1) is 9.71. The van der Waals surface area contributed by atoms with Gasteiger partial charge in [-0.3, -0.25) is 0 Å². The average Bonchev–Trinajstić information content (AvgIpc) is 2.49. The predicted molar refractivity (Wildman–Crippen MR) is 52.3 cm³/mol. The van der Waals surface area contributed by atoms with Crippen LogP contribution in [0, 0.1) is 6.92 Å². The van der Waals surface area contributed by atoms with Crippen LogP contribution in [-0.4, -0.2) is 11.1 Å². The van der Waals surface area contributed by atoms with E-state index in [0.29, 0.717) is 0 Å². The standard InChI is InChI=1S/C9H15NOS/c1-3-8(10)9(11)7-4-6(2)12-5-7/h4-5,8-9,11H,3,10H2,1-2H3. The zero-order valence-corrected chi connectivity index (χ0v) is 8.27. The fraction of sp³-hybridized carbons (Fsp3) is 0.556. The van der Waals surface area contributed by atoms with Crippen molar-refractivity contribution >= 4 is 11.3 Å². The normalized spacial score (nSPS) is 16.0. The van der Waals surface area contributed by atoms with Crippen LogP contribution in [0.4, 0.5) is 0 Å². The van der Waals surface area contributed by atoms with Crippen molar-refractivity contribution in [3.05, 3.63) is 21.9 Å². The molecule has 68 valence electrons. The molecule has 12 heavy (non-hydrogen) atoms. The van der Waals surface area contributed by atoms with E-state index in [-0.39, 0.29) is 6.04 Å². The molecule has 0 aliphatic carbocycles. The minimum absolute atomic E-state index is 0.140. The van der Waals surface area contributed by atoms with Crippen molar-refractivity contribution < 1.29 is 5.11 Å². The molecule has 2 unspecified atom stereocenters. The Morgan fingerprint density at radius 2 is 2.33 bits per heavy atom. The molecule has 0 radical (unpaired) electrons. The van der Waals surface area contributed by atoms with Crippen LogP contribution in [0.5, 0.6) is 0 Å². The van der Waals surface area contributed by atoms with Crippen LogP contribution in [0.25, 0.3) is 0 Å². The van der Waals surface area contributed by atoms with Crippen LogP contribution in [0.1, 0.15) is 29.9 Å². The van der Waals surface area contributed by atoms with Gasteiger partial charge in [-0.15, -0.1) is 11.3 Å². The number of thiophene rings is 1. The maximum Gasteiger partial charge on any atom is 0.0948 e. The van der Waals surface area contributed by atoms with Crippen molar-refractivity contribution in [1.29, 1.82) is 0 Å². The molecule has 0 spiro atoms. The van der Waals surface area contributed by atoms with Crippen LogP contribution in [0.15, 0.2) is 11.4 Å². The number of rotatable bonds is 3. The van der Waals surface area contributed by atoms with Crippen LogP contribution in [-0.2, 0) is 0 Å². The second-order valence-electron chi connectivity index (χ2n) is 3.01. The Morgan fingerprint density at radius 3 is 2.75 bits per heavy atom. The lowest BCUT2D eigenvalue weighted by atomic mass is 10.0. The fourth-order valence-electron chi connectivity index (χ4n) is 1.09. The molecule has 2 nitrogen and oxygen atoms in total. The van der Waals surface area contributed by atoms with Gasteiger partial charge < -0.3 is 10.8 Å². The van der Waals surface area contributed by atoms with Gasteiger partial charge in [0.05, 0.1) is 6.10 Å². The Morgan fingerprint density at radius 1 is 1.67 bits per heavy atom. The summed E-state index contributed by atoms with van der Waals surface area (Å²) in [7, 11) is 0. The third-order valence-corrected chi connectivity index (χ3v) is 2.85. The summed E-state index contributed by atoms with van der Waals surface area (Å²) in [5, 5.41) is 11.7. The van der Waals surface area contributed by atoms with Gasteiger partial charge in [-0.2, -0.15) is 0 Å². The molecule has 3 heteroatoms. The van der Waals surface area contributed by atoms with Crippen LogP contribution in [0.3, 0.4) is 0 Å². The monoisotopic (exact) mass is 185 g/mol. The third kappa shape index (κ3) is 2.06. The van der Waals surface area contributed by atoms with Gasteiger partial charge in [0, 0.05) is 10.9 Å². The van der Waals surface area contributed by atoms with Crippen LogP contribution >= 0.6 is 11.3 Å². The van der Waals surface area contributed by atoms with Crippen molar-refractivity contribution in [2.45, 2.75) is 32.4 Å².